The van der Waals surface area contributed by atoms with Gasteiger partial charge in [-0.25, -0.2) is 0 Å². The number of carbonyl (C=O) groups is 1. The number of carbonyl (C=O) groups excluding carboxylic acids is 1. The summed E-state index contributed by atoms with van der Waals surface area (Å²) >= 11 is 1.19. The molecule has 5 nitrogen and oxygen atoms in total. The van der Waals surface area contributed by atoms with E-state index < -0.39 is 0 Å². The van der Waals surface area contributed by atoms with Gasteiger partial charge in [0.05, 0.1) is 7.11 Å². The molecule has 106 valence electrons. The van der Waals surface area contributed by atoms with Gasteiger partial charge in [0.15, 0.2) is 0 Å². The van der Waals surface area contributed by atoms with Crippen LogP contribution in [-0.2, 0) is 9.53 Å². The number of hydrogen-bond acceptors (Lipinski definition) is 6. The molecule has 20 heavy (non-hydrogen) atoms. The van der Waals surface area contributed by atoms with Gasteiger partial charge >= 0.3 is 5.97 Å². The summed E-state index contributed by atoms with van der Waals surface area (Å²) in [7, 11) is 1.36. The topological polar surface area (TPSA) is 65.2 Å². The molecule has 0 unspecified atom stereocenters. The zero-order valence-corrected chi connectivity index (χ0v) is 12.7. The zero-order valence-electron chi connectivity index (χ0n) is 11.8. The van der Waals surface area contributed by atoms with E-state index in [1.165, 1.54) is 18.9 Å². The molecule has 0 aliphatic heterocycles. The van der Waals surface area contributed by atoms with Crippen LogP contribution in [0.25, 0.3) is 11.5 Å². The summed E-state index contributed by atoms with van der Waals surface area (Å²) < 4.78 is 10.2. The molecule has 0 saturated carbocycles. The monoisotopic (exact) mass is 292 g/mol. The lowest BCUT2D eigenvalue weighted by atomic mass is 10.1. The maximum absolute atomic E-state index is 11.3. The fourth-order valence-electron chi connectivity index (χ4n) is 1.84. The van der Waals surface area contributed by atoms with Crippen LogP contribution in [0.4, 0.5) is 0 Å². The van der Waals surface area contributed by atoms with Crippen molar-refractivity contribution in [2.75, 3.05) is 7.11 Å². The second-order valence-electron chi connectivity index (χ2n) is 4.53. The molecule has 0 amide bonds. The van der Waals surface area contributed by atoms with Crippen LogP contribution in [0, 0.1) is 13.8 Å². The Morgan fingerprint density at radius 1 is 1.25 bits per heavy atom. The Bertz CT molecular complexity index is 604. The zero-order chi connectivity index (χ0) is 14.7. The maximum atomic E-state index is 11.3. The van der Waals surface area contributed by atoms with Crippen molar-refractivity contribution in [3.05, 3.63) is 29.3 Å². The number of methoxy groups -OCH3 is 1. The molecule has 2 aromatic rings. The highest BCUT2D eigenvalue weighted by Crippen LogP contribution is 2.27. The van der Waals surface area contributed by atoms with Gasteiger partial charge in [-0.05, 0) is 32.9 Å². The van der Waals surface area contributed by atoms with Crippen LogP contribution in [0.3, 0.4) is 0 Å². The minimum absolute atomic E-state index is 0.318. The number of esters is 1. The molecule has 0 aliphatic rings. The van der Waals surface area contributed by atoms with Crippen molar-refractivity contribution in [2.24, 2.45) is 0 Å². The molecule has 0 saturated heterocycles. The minimum Gasteiger partial charge on any atom is -0.468 e. The fraction of sp³-hybridized carbons (Fsp3) is 0.357. The molecule has 0 bridgehead atoms. The highest BCUT2D eigenvalue weighted by Gasteiger charge is 2.19. The van der Waals surface area contributed by atoms with Gasteiger partial charge in [-0.3, -0.25) is 4.79 Å². The quantitative estimate of drug-likeness (QED) is 0.637. The highest BCUT2D eigenvalue weighted by atomic mass is 32.2. The Kier molecular flexibility index (Phi) is 4.44. The molecule has 1 aromatic carbocycles. The Morgan fingerprint density at radius 3 is 2.50 bits per heavy atom. The van der Waals surface area contributed by atoms with Crippen LogP contribution >= 0.6 is 11.8 Å². The summed E-state index contributed by atoms with van der Waals surface area (Å²) in [6.45, 7) is 5.76. The number of ether oxygens (including phenoxy) is 1. The number of hydrogen-bond donors (Lipinski definition) is 0. The highest BCUT2D eigenvalue weighted by molar-refractivity contribution is 8.00. The van der Waals surface area contributed by atoms with Crippen LogP contribution in [0.15, 0.2) is 27.8 Å². The molecular formula is C14H16N2O3S. The van der Waals surface area contributed by atoms with Gasteiger partial charge in [-0.1, -0.05) is 29.0 Å². The summed E-state index contributed by atoms with van der Waals surface area (Å²) in [5.74, 6) is 0.137. The van der Waals surface area contributed by atoms with Gasteiger partial charge in [0, 0.05) is 5.56 Å². The van der Waals surface area contributed by atoms with Crippen LogP contribution in [-0.4, -0.2) is 28.5 Å². The fourth-order valence-corrected chi connectivity index (χ4v) is 2.55. The number of nitrogens with zero attached hydrogens (tertiary/aromatic N) is 2. The molecule has 2 rings (SSSR count). The van der Waals surface area contributed by atoms with Crippen molar-refractivity contribution in [1.29, 1.82) is 0 Å². The van der Waals surface area contributed by atoms with E-state index in [2.05, 4.69) is 21.0 Å². The number of thioether (sulfide) groups is 1. The Hall–Kier alpha value is -1.82. The average molecular weight is 292 g/mol. The molecule has 0 fully saturated rings. The largest absolute Gasteiger partial charge is 0.468 e. The predicted octanol–water partition coefficient (Wildman–Crippen LogP) is 3.01. The average Bonchev–Trinajstić information content (AvgIpc) is 2.85. The number of rotatable bonds is 4. The second-order valence-corrected chi connectivity index (χ2v) is 5.82. The summed E-state index contributed by atoms with van der Waals surface area (Å²) in [5, 5.41) is 7.94. The molecule has 1 atom stereocenters. The van der Waals surface area contributed by atoms with E-state index in [1.54, 1.807) is 6.92 Å². The van der Waals surface area contributed by atoms with Gasteiger partial charge < -0.3 is 9.15 Å². The van der Waals surface area contributed by atoms with E-state index in [1.807, 2.05) is 26.0 Å². The van der Waals surface area contributed by atoms with E-state index in [0.29, 0.717) is 11.1 Å². The normalized spacial score (nSPS) is 12.2. The first-order valence-electron chi connectivity index (χ1n) is 6.16. The summed E-state index contributed by atoms with van der Waals surface area (Å²) in [6, 6.07) is 6.05. The molecule has 6 heteroatoms. The third kappa shape index (κ3) is 3.39. The Balaban J connectivity index is 2.18. The van der Waals surface area contributed by atoms with Crippen molar-refractivity contribution >= 4 is 17.7 Å². The summed E-state index contributed by atoms with van der Waals surface area (Å²) in [4.78, 5) is 11.3. The number of aryl methyl sites for hydroxylation is 2. The predicted molar refractivity (Wildman–Crippen MR) is 76.5 cm³/mol. The van der Waals surface area contributed by atoms with Crippen molar-refractivity contribution in [2.45, 2.75) is 31.2 Å². The minimum atomic E-state index is -0.382. The molecular weight excluding hydrogens is 276 g/mol. The van der Waals surface area contributed by atoms with Gasteiger partial charge in [-0.2, -0.15) is 0 Å². The lowest BCUT2D eigenvalue weighted by Gasteiger charge is -2.04. The first kappa shape index (κ1) is 14.6. The Morgan fingerprint density at radius 2 is 1.90 bits per heavy atom. The van der Waals surface area contributed by atoms with Gasteiger partial charge in [0.25, 0.3) is 5.22 Å². The van der Waals surface area contributed by atoms with E-state index in [0.717, 1.165) is 16.7 Å². The molecule has 0 spiro atoms. The second kappa shape index (κ2) is 6.09. The van der Waals surface area contributed by atoms with Crippen LogP contribution in [0.1, 0.15) is 18.1 Å². The molecule has 0 radical (unpaired) electrons. The third-order valence-corrected chi connectivity index (χ3v) is 3.60. The number of benzene rings is 1. The van der Waals surface area contributed by atoms with Gasteiger partial charge in [0.1, 0.15) is 5.25 Å². The lowest BCUT2D eigenvalue weighted by molar-refractivity contribution is -0.139. The lowest BCUT2D eigenvalue weighted by Crippen LogP contribution is -2.14. The van der Waals surface area contributed by atoms with Crippen LogP contribution < -0.4 is 0 Å². The molecule has 0 N–H and O–H groups in total. The standard InChI is InChI=1S/C14H16N2O3S/c1-8-5-9(2)7-11(6-8)12-15-16-14(19-12)20-10(3)13(17)18-4/h5-7,10H,1-4H3/t10-/m1/s1. The van der Waals surface area contributed by atoms with Crippen LogP contribution in [0.2, 0.25) is 0 Å². The van der Waals surface area contributed by atoms with Crippen molar-refractivity contribution in [3.63, 3.8) is 0 Å². The van der Waals surface area contributed by atoms with Crippen LogP contribution in [0.5, 0.6) is 0 Å². The molecule has 1 heterocycles. The van der Waals surface area contributed by atoms with Gasteiger partial charge in [0.2, 0.25) is 5.89 Å². The van der Waals surface area contributed by atoms with Gasteiger partial charge in [-0.15, -0.1) is 10.2 Å². The summed E-state index contributed by atoms with van der Waals surface area (Å²) in [6.07, 6.45) is 0. The first-order valence-corrected chi connectivity index (χ1v) is 7.04. The molecule has 0 aliphatic carbocycles. The molecule has 1 aromatic heterocycles. The smallest absolute Gasteiger partial charge is 0.319 e. The Labute approximate surface area is 121 Å². The first-order chi connectivity index (χ1) is 9.49. The van der Waals surface area contributed by atoms with Crippen molar-refractivity contribution in [1.82, 2.24) is 10.2 Å². The van der Waals surface area contributed by atoms with E-state index in [9.17, 15) is 4.79 Å². The summed E-state index contributed by atoms with van der Waals surface area (Å²) in [5.41, 5.74) is 3.15. The SMILES string of the molecule is COC(=O)[C@@H](C)Sc1nnc(-c2cc(C)cc(C)c2)o1. The maximum Gasteiger partial charge on any atom is 0.319 e. The third-order valence-electron chi connectivity index (χ3n) is 2.69. The van der Waals surface area contributed by atoms with Crippen molar-refractivity contribution in [3.8, 4) is 11.5 Å². The van der Waals surface area contributed by atoms with Crippen molar-refractivity contribution < 1.29 is 13.9 Å². The number of aromatic nitrogens is 2. The van der Waals surface area contributed by atoms with E-state index in [-0.39, 0.29) is 11.2 Å². The van der Waals surface area contributed by atoms with E-state index >= 15 is 0 Å². The van der Waals surface area contributed by atoms with E-state index in [4.69, 9.17) is 4.42 Å².